The van der Waals surface area contributed by atoms with Gasteiger partial charge in [-0.3, -0.25) is 19.2 Å². The molecule has 0 saturated carbocycles. The molecule has 15 nitrogen and oxygen atoms in total. The lowest BCUT2D eigenvalue weighted by Crippen LogP contribution is -2.43. The van der Waals surface area contributed by atoms with Gasteiger partial charge in [0.15, 0.2) is 23.2 Å². The molecule has 2 aliphatic heterocycles. The highest BCUT2D eigenvalue weighted by Gasteiger charge is 2.42. The number of benzene rings is 2. The second-order valence-corrected chi connectivity index (χ2v) is 15.2. The lowest BCUT2D eigenvalue weighted by molar-refractivity contribution is -0.123. The number of nitrogens with two attached hydrogens (primary N) is 1. The predicted molar refractivity (Wildman–Crippen MR) is 208 cm³/mol. The van der Waals surface area contributed by atoms with Crippen LogP contribution in [0.1, 0.15) is 80.3 Å². The van der Waals surface area contributed by atoms with Crippen LogP contribution >= 0.6 is 11.8 Å². The molecule has 18 heteroatoms. The third-order valence-electron chi connectivity index (χ3n) is 9.65. The van der Waals surface area contributed by atoms with Gasteiger partial charge in [-0.15, -0.1) is 5.10 Å². The van der Waals surface area contributed by atoms with Gasteiger partial charge in [0.2, 0.25) is 5.91 Å². The van der Waals surface area contributed by atoms with Crippen LogP contribution in [-0.2, 0) is 25.7 Å². The number of unbranched alkanes of at least 4 members (excludes halogenated alkanes) is 2. The molecule has 2 fully saturated rings. The van der Waals surface area contributed by atoms with E-state index in [2.05, 4.69) is 31.6 Å². The van der Waals surface area contributed by atoms with Gasteiger partial charge in [-0.1, -0.05) is 23.8 Å². The van der Waals surface area contributed by atoms with Crippen LogP contribution in [0.4, 0.5) is 13.6 Å². The third kappa shape index (κ3) is 13.3. The second kappa shape index (κ2) is 22.1. The molecule has 2 aliphatic rings. The van der Waals surface area contributed by atoms with E-state index in [0.717, 1.165) is 37.1 Å². The first-order valence-electron chi connectivity index (χ1n) is 19.3. The maximum Gasteiger partial charge on any atom is 0.315 e. The van der Waals surface area contributed by atoms with E-state index in [9.17, 15) is 32.8 Å². The van der Waals surface area contributed by atoms with E-state index in [1.165, 1.54) is 10.7 Å². The van der Waals surface area contributed by atoms with Gasteiger partial charge in [-0.05, 0) is 75.4 Å². The van der Waals surface area contributed by atoms with Crippen LogP contribution < -0.4 is 31.7 Å². The highest BCUT2D eigenvalue weighted by Crippen LogP contribution is 2.33. The number of rotatable bonds is 25. The molecule has 4 atom stereocenters. The van der Waals surface area contributed by atoms with Gasteiger partial charge in [0, 0.05) is 42.4 Å². The van der Waals surface area contributed by atoms with Gasteiger partial charge in [0.25, 0.3) is 5.91 Å². The van der Waals surface area contributed by atoms with E-state index in [0.29, 0.717) is 61.9 Å². The molecule has 5 rings (SSSR count). The fourth-order valence-corrected chi connectivity index (χ4v) is 8.10. The molecule has 57 heavy (non-hydrogen) atoms. The fraction of sp³-hybridized carbons (Fsp3) is 0.513. The van der Waals surface area contributed by atoms with Crippen LogP contribution in [0.25, 0.3) is 5.69 Å². The third-order valence-corrected chi connectivity index (χ3v) is 11.2. The Labute approximate surface area is 333 Å². The Morgan fingerprint density at radius 1 is 0.982 bits per heavy atom. The summed E-state index contributed by atoms with van der Waals surface area (Å²) in [5.41, 5.74) is 6.81. The van der Waals surface area contributed by atoms with Crippen LogP contribution in [-0.4, -0.2) is 99.9 Å². The summed E-state index contributed by atoms with van der Waals surface area (Å²) in [6.45, 7) is 0.456. The van der Waals surface area contributed by atoms with Gasteiger partial charge in [-0.2, -0.15) is 11.8 Å². The number of amides is 4. The molecule has 6 N–H and O–H groups in total. The van der Waals surface area contributed by atoms with Crippen molar-refractivity contribution >= 4 is 41.2 Å². The first kappa shape index (κ1) is 43.2. The van der Waals surface area contributed by atoms with E-state index in [1.54, 1.807) is 30.5 Å². The average Bonchev–Trinajstić information content (AvgIpc) is 3.93. The average molecular weight is 813 g/mol. The number of ketones is 2. The van der Waals surface area contributed by atoms with E-state index < -0.39 is 41.7 Å². The number of hydrogen-bond acceptors (Lipinski definition) is 11. The Morgan fingerprint density at radius 2 is 1.77 bits per heavy atom. The van der Waals surface area contributed by atoms with E-state index in [1.807, 2.05) is 11.8 Å². The highest BCUT2D eigenvalue weighted by molar-refractivity contribution is 8.00. The van der Waals surface area contributed by atoms with Crippen molar-refractivity contribution in [2.45, 2.75) is 94.1 Å². The first-order valence-corrected chi connectivity index (χ1v) is 20.3. The number of para-hydroxylation sites is 1. The molecule has 0 spiro atoms. The Hall–Kier alpha value is -4.94. The predicted octanol–water partition coefficient (Wildman–Crippen LogP) is 3.52. The van der Waals surface area contributed by atoms with Crippen LogP contribution in [0, 0.1) is 11.6 Å². The number of hydrogen-bond donors (Lipinski definition) is 5. The van der Waals surface area contributed by atoms with E-state index >= 15 is 0 Å². The van der Waals surface area contributed by atoms with Gasteiger partial charge in [0.1, 0.15) is 18.1 Å². The van der Waals surface area contributed by atoms with Crippen molar-refractivity contribution < 1.29 is 42.2 Å². The number of nitrogens with zero attached hydrogens (tertiary/aromatic N) is 3. The number of carbonyl (C=O) groups is 5. The summed E-state index contributed by atoms with van der Waals surface area (Å²) in [6.07, 6.45) is 7.45. The van der Waals surface area contributed by atoms with Gasteiger partial charge >= 0.3 is 6.03 Å². The number of thioether (sulfide) groups is 1. The van der Waals surface area contributed by atoms with Crippen LogP contribution in [0.3, 0.4) is 0 Å². The summed E-state index contributed by atoms with van der Waals surface area (Å²) in [4.78, 5) is 62.5. The molecular weight excluding hydrogens is 763 g/mol. The molecule has 3 aromatic rings. The minimum absolute atomic E-state index is 0.0878. The van der Waals surface area contributed by atoms with Crippen molar-refractivity contribution in [3.05, 3.63) is 71.6 Å². The van der Waals surface area contributed by atoms with Gasteiger partial charge < -0.3 is 36.5 Å². The Morgan fingerprint density at radius 3 is 2.58 bits per heavy atom. The van der Waals surface area contributed by atoms with Crippen molar-refractivity contribution in [3.8, 4) is 11.4 Å². The zero-order chi connectivity index (χ0) is 40.6. The molecule has 2 saturated heterocycles. The van der Waals surface area contributed by atoms with Crippen LogP contribution in [0.15, 0.2) is 48.7 Å². The zero-order valence-corrected chi connectivity index (χ0v) is 32.5. The monoisotopic (exact) mass is 812 g/mol. The lowest BCUT2D eigenvalue weighted by Gasteiger charge is -2.18. The quantitative estimate of drug-likeness (QED) is 0.0618. The van der Waals surface area contributed by atoms with Crippen molar-refractivity contribution in [1.29, 1.82) is 0 Å². The number of fused-ring (bicyclic) bond motifs is 1. The largest absolute Gasteiger partial charge is 0.480 e. The highest BCUT2D eigenvalue weighted by atomic mass is 32.2. The Bertz CT molecular complexity index is 1830. The van der Waals surface area contributed by atoms with Crippen LogP contribution in [0.5, 0.6) is 5.75 Å². The van der Waals surface area contributed by atoms with E-state index in [4.69, 9.17) is 15.2 Å². The minimum atomic E-state index is -0.989. The minimum Gasteiger partial charge on any atom is -0.480 e. The normalized spacial score (nSPS) is 17.7. The van der Waals surface area contributed by atoms with Crippen molar-refractivity contribution in [1.82, 2.24) is 36.3 Å². The van der Waals surface area contributed by atoms with Crippen LogP contribution in [0.2, 0.25) is 0 Å². The molecule has 1 aromatic heterocycles. The summed E-state index contributed by atoms with van der Waals surface area (Å²) in [5.74, 6) is -2.77. The maximum absolute atomic E-state index is 14.0. The smallest absolute Gasteiger partial charge is 0.315 e. The first-order chi connectivity index (χ1) is 27.6. The molecule has 0 radical (unpaired) electrons. The number of nitrogens with one attached hydrogen (secondary N) is 4. The number of ether oxygens (including phenoxy) is 2. The molecule has 3 heterocycles. The lowest BCUT2D eigenvalue weighted by atomic mass is 10.0. The molecule has 308 valence electrons. The Kier molecular flexibility index (Phi) is 16.8. The summed E-state index contributed by atoms with van der Waals surface area (Å²) in [6, 6.07) is 9.01. The maximum atomic E-state index is 14.0. The van der Waals surface area contributed by atoms with Crippen molar-refractivity contribution in [3.63, 3.8) is 0 Å². The van der Waals surface area contributed by atoms with Crippen molar-refractivity contribution in [2.24, 2.45) is 5.73 Å². The second-order valence-electron chi connectivity index (χ2n) is 14.0. The topological polar surface area (TPSA) is 209 Å². The molecule has 0 aliphatic carbocycles. The number of aromatic nitrogens is 3. The summed E-state index contributed by atoms with van der Waals surface area (Å²) in [5, 5.41) is 20.0. The van der Waals surface area contributed by atoms with Gasteiger partial charge in [0.05, 0.1) is 43.2 Å². The van der Waals surface area contributed by atoms with E-state index in [-0.39, 0.29) is 61.4 Å². The number of urea groups is 1. The van der Waals surface area contributed by atoms with Crippen molar-refractivity contribution in [2.75, 3.05) is 32.1 Å². The summed E-state index contributed by atoms with van der Waals surface area (Å²) in [7, 11) is 0. The molecule has 0 bridgehead atoms. The Balaban J connectivity index is 0.972. The molecule has 4 amide bonds. The molecular formula is C39H50F2N8O7S. The number of carbonyl (C=O) groups excluding carboxylic acids is 5. The van der Waals surface area contributed by atoms with Gasteiger partial charge in [-0.25, -0.2) is 18.3 Å². The SMILES string of the molecule is NCCCCC(NC(=O)c1cccc(-n2cc(CNC(=O)CCOCCCC(=O)CCCC[C@@H]3SCC4NC(=O)N[C@@H]43)nn2)c1)C(=O)COc1c(F)cccc1F. The standard InChI is InChI=1S/C39H50F2N8O7S/c40-29-12-6-13-30(41)37(29)56-23-33(51)31(14-3-4-17-42)44-38(53)25-8-5-9-27(20-25)49-22-26(47-48-49)21-43-35(52)16-19-55-18-7-11-28(50)10-1-2-15-34-36-32(24-57-34)45-39(54)46-36/h5-6,8-9,12-13,20,22,31-32,34,36H,1-4,7,10-11,14-19,21,23-24,42H2,(H,43,52)(H,44,53)(H2,45,46,54)/t31?,32?,34-,36-/m0/s1. The summed E-state index contributed by atoms with van der Waals surface area (Å²) < 4.78 is 40.2. The molecule has 2 aromatic carbocycles. The zero-order valence-electron chi connectivity index (χ0n) is 31.7. The summed E-state index contributed by atoms with van der Waals surface area (Å²) >= 11 is 1.88. The molecule has 2 unspecified atom stereocenters. The fourth-order valence-electron chi connectivity index (χ4n) is 6.56. The number of halogens is 2. The number of Topliss-reactive ketones (excluding diaryl/α,β-unsaturated/α-hetero) is 2.